The SMILES string of the molecule is CCn1cc(C2CCN(CC(=O)Nc3c(C)nn(C)c3C)CC2)cn1. The summed E-state index contributed by atoms with van der Waals surface area (Å²) in [6.45, 7) is 9.23. The molecule has 0 aliphatic carbocycles. The fraction of sp³-hybridized carbons (Fsp3) is 0.611. The van der Waals surface area contributed by atoms with Gasteiger partial charge in [-0.15, -0.1) is 0 Å². The highest BCUT2D eigenvalue weighted by atomic mass is 16.2. The second-order valence-corrected chi connectivity index (χ2v) is 6.90. The predicted molar refractivity (Wildman–Crippen MR) is 97.6 cm³/mol. The lowest BCUT2D eigenvalue weighted by Crippen LogP contribution is -2.38. The lowest BCUT2D eigenvalue weighted by Gasteiger charge is -2.31. The largest absolute Gasteiger partial charge is 0.322 e. The van der Waals surface area contributed by atoms with Gasteiger partial charge in [0, 0.05) is 19.8 Å². The Morgan fingerprint density at radius 1 is 1.32 bits per heavy atom. The summed E-state index contributed by atoms with van der Waals surface area (Å²) in [5, 5.41) is 11.7. The molecule has 2 aromatic rings. The van der Waals surface area contributed by atoms with Crippen LogP contribution in [-0.2, 0) is 18.4 Å². The number of likely N-dealkylation sites (tertiary alicyclic amines) is 1. The van der Waals surface area contributed by atoms with Gasteiger partial charge in [0.15, 0.2) is 0 Å². The van der Waals surface area contributed by atoms with Crippen LogP contribution in [0.5, 0.6) is 0 Å². The quantitative estimate of drug-likeness (QED) is 0.902. The Morgan fingerprint density at radius 3 is 2.60 bits per heavy atom. The van der Waals surface area contributed by atoms with Crippen LogP contribution in [0.2, 0.25) is 0 Å². The van der Waals surface area contributed by atoms with Gasteiger partial charge in [-0.3, -0.25) is 19.1 Å². The average Bonchev–Trinajstić information content (AvgIpc) is 3.16. The van der Waals surface area contributed by atoms with Crippen molar-refractivity contribution in [1.82, 2.24) is 24.5 Å². The zero-order valence-corrected chi connectivity index (χ0v) is 15.6. The van der Waals surface area contributed by atoms with Crippen LogP contribution in [-0.4, -0.2) is 50.0 Å². The molecule has 0 saturated carbocycles. The molecule has 7 nitrogen and oxygen atoms in total. The van der Waals surface area contributed by atoms with Crippen molar-refractivity contribution in [2.75, 3.05) is 25.0 Å². The molecule has 7 heteroatoms. The Morgan fingerprint density at radius 2 is 2.04 bits per heavy atom. The second-order valence-electron chi connectivity index (χ2n) is 6.90. The van der Waals surface area contributed by atoms with E-state index in [1.54, 1.807) is 4.68 Å². The molecule has 25 heavy (non-hydrogen) atoms. The molecule has 3 rings (SSSR count). The molecular formula is C18H28N6O. The summed E-state index contributed by atoms with van der Waals surface area (Å²) in [5.74, 6) is 0.596. The first kappa shape index (κ1) is 17.7. The van der Waals surface area contributed by atoms with E-state index in [1.807, 2.05) is 31.8 Å². The smallest absolute Gasteiger partial charge is 0.238 e. The summed E-state index contributed by atoms with van der Waals surface area (Å²) < 4.78 is 3.78. The zero-order valence-electron chi connectivity index (χ0n) is 15.6. The molecule has 1 N–H and O–H groups in total. The van der Waals surface area contributed by atoms with Crippen molar-refractivity contribution < 1.29 is 4.79 Å². The summed E-state index contributed by atoms with van der Waals surface area (Å²) in [5.41, 5.74) is 4.01. The van der Waals surface area contributed by atoms with Crippen molar-refractivity contribution in [3.8, 4) is 0 Å². The molecule has 0 spiro atoms. The first-order valence-electron chi connectivity index (χ1n) is 9.02. The number of aryl methyl sites for hydroxylation is 3. The predicted octanol–water partition coefficient (Wildman–Crippen LogP) is 2.07. The van der Waals surface area contributed by atoms with Crippen molar-refractivity contribution in [2.45, 2.75) is 46.1 Å². The van der Waals surface area contributed by atoms with Crippen LogP contribution in [0.3, 0.4) is 0 Å². The van der Waals surface area contributed by atoms with E-state index in [0.29, 0.717) is 12.5 Å². The summed E-state index contributed by atoms with van der Waals surface area (Å²) in [4.78, 5) is 14.6. The minimum Gasteiger partial charge on any atom is -0.322 e. The molecule has 1 aliphatic heterocycles. The Balaban J connectivity index is 1.51. The van der Waals surface area contributed by atoms with Gasteiger partial charge in [0.25, 0.3) is 0 Å². The first-order chi connectivity index (χ1) is 12.0. The molecule has 0 radical (unpaired) electrons. The van der Waals surface area contributed by atoms with Crippen LogP contribution >= 0.6 is 0 Å². The summed E-state index contributed by atoms with van der Waals surface area (Å²) in [7, 11) is 1.89. The van der Waals surface area contributed by atoms with Gasteiger partial charge in [0.2, 0.25) is 5.91 Å². The van der Waals surface area contributed by atoms with Crippen LogP contribution in [0, 0.1) is 13.8 Å². The molecule has 3 heterocycles. The topological polar surface area (TPSA) is 68.0 Å². The van der Waals surface area contributed by atoms with Gasteiger partial charge >= 0.3 is 0 Å². The summed E-state index contributed by atoms with van der Waals surface area (Å²) >= 11 is 0. The maximum absolute atomic E-state index is 12.4. The van der Waals surface area contributed by atoms with E-state index in [1.165, 1.54) is 5.56 Å². The number of nitrogens with zero attached hydrogens (tertiary/aromatic N) is 5. The number of anilines is 1. The van der Waals surface area contributed by atoms with Crippen LogP contribution in [0.15, 0.2) is 12.4 Å². The first-order valence-corrected chi connectivity index (χ1v) is 9.02. The van der Waals surface area contributed by atoms with E-state index in [9.17, 15) is 4.79 Å². The maximum atomic E-state index is 12.4. The number of rotatable bonds is 5. The van der Waals surface area contributed by atoms with Crippen molar-refractivity contribution in [2.24, 2.45) is 7.05 Å². The van der Waals surface area contributed by atoms with Gasteiger partial charge < -0.3 is 5.32 Å². The maximum Gasteiger partial charge on any atom is 0.238 e. The normalized spacial score (nSPS) is 16.3. The summed E-state index contributed by atoms with van der Waals surface area (Å²) in [6, 6.07) is 0. The second kappa shape index (κ2) is 7.39. The molecule has 1 saturated heterocycles. The Bertz CT molecular complexity index is 739. The number of piperidine rings is 1. The zero-order chi connectivity index (χ0) is 18.0. The van der Waals surface area contributed by atoms with E-state index in [-0.39, 0.29) is 5.91 Å². The molecule has 0 unspecified atom stereocenters. The fourth-order valence-corrected chi connectivity index (χ4v) is 3.52. The van der Waals surface area contributed by atoms with Crippen LogP contribution in [0.1, 0.15) is 42.6 Å². The molecule has 1 amide bonds. The van der Waals surface area contributed by atoms with E-state index < -0.39 is 0 Å². The monoisotopic (exact) mass is 344 g/mol. The Labute approximate surface area is 149 Å². The average molecular weight is 344 g/mol. The van der Waals surface area contributed by atoms with Crippen LogP contribution in [0.4, 0.5) is 5.69 Å². The number of nitrogens with one attached hydrogen (secondary N) is 1. The molecule has 1 fully saturated rings. The molecule has 2 aromatic heterocycles. The highest BCUT2D eigenvalue weighted by Crippen LogP contribution is 2.27. The van der Waals surface area contributed by atoms with Gasteiger partial charge in [0.05, 0.1) is 29.8 Å². The molecular weight excluding hydrogens is 316 g/mol. The molecule has 0 bridgehead atoms. The van der Waals surface area contributed by atoms with Gasteiger partial charge in [-0.25, -0.2) is 0 Å². The molecule has 0 aromatic carbocycles. The molecule has 1 aliphatic rings. The minimum atomic E-state index is 0.0384. The standard InChI is InChI=1S/C18H28N6O/c1-5-24-11-16(10-19-24)15-6-8-23(9-7-15)12-17(25)20-18-13(2)21-22(4)14(18)3/h10-11,15H,5-9,12H2,1-4H3,(H,20,25). The van der Waals surface area contributed by atoms with E-state index >= 15 is 0 Å². The highest BCUT2D eigenvalue weighted by Gasteiger charge is 2.23. The highest BCUT2D eigenvalue weighted by molar-refractivity contribution is 5.93. The number of amides is 1. The van der Waals surface area contributed by atoms with Gasteiger partial charge in [0.1, 0.15) is 0 Å². The lowest BCUT2D eigenvalue weighted by atomic mass is 9.91. The molecule has 136 valence electrons. The van der Waals surface area contributed by atoms with E-state index in [4.69, 9.17) is 0 Å². The van der Waals surface area contributed by atoms with E-state index in [0.717, 1.165) is 49.6 Å². The third-order valence-corrected chi connectivity index (χ3v) is 5.18. The Kier molecular flexibility index (Phi) is 5.22. The minimum absolute atomic E-state index is 0.0384. The van der Waals surface area contributed by atoms with Gasteiger partial charge in [-0.05, 0) is 58.2 Å². The van der Waals surface area contributed by atoms with Gasteiger partial charge in [-0.2, -0.15) is 10.2 Å². The Hall–Kier alpha value is -2.15. The van der Waals surface area contributed by atoms with Crippen molar-refractivity contribution in [3.05, 3.63) is 29.3 Å². The number of aromatic nitrogens is 4. The molecule has 0 atom stereocenters. The third kappa shape index (κ3) is 3.92. The van der Waals surface area contributed by atoms with Crippen molar-refractivity contribution in [1.29, 1.82) is 0 Å². The number of carbonyl (C=O) groups excluding carboxylic acids is 1. The number of carbonyl (C=O) groups is 1. The summed E-state index contributed by atoms with van der Waals surface area (Å²) in [6.07, 6.45) is 6.30. The van der Waals surface area contributed by atoms with Crippen molar-refractivity contribution >= 4 is 11.6 Å². The van der Waals surface area contributed by atoms with Crippen LogP contribution < -0.4 is 5.32 Å². The third-order valence-electron chi connectivity index (χ3n) is 5.18. The van der Waals surface area contributed by atoms with Crippen LogP contribution in [0.25, 0.3) is 0 Å². The fourth-order valence-electron chi connectivity index (χ4n) is 3.52. The lowest BCUT2D eigenvalue weighted by molar-refractivity contribution is -0.117. The number of hydrogen-bond acceptors (Lipinski definition) is 4. The number of hydrogen-bond donors (Lipinski definition) is 1. The van der Waals surface area contributed by atoms with E-state index in [2.05, 4.69) is 33.5 Å². The van der Waals surface area contributed by atoms with Gasteiger partial charge in [-0.1, -0.05) is 0 Å². The van der Waals surface area contributed by atoms with Crippen molar-refractivity contribution in [3.63, 3.8) is 0 Å².